The molecule has 1 saturated heterocycles. The van der Waals surface area contributed by atoms with Gasteiger partial charge in [0.25, 0.3) is 5.91 Å². The van der Waals surface area contributed by atoms with E-state index in [1.807, 2.05) is 0 Å². The Morgan fingerprint density at radius 2 is 1.73 bits per heavy atom. The van der Waals surface area contributed by atoms with Gasteiger partial charge in [-0.2, -0.15) is 0 Å². The number of anilines is 2. The first kappa shape index (κ1) is 15.5. The second-order valence-electron chi connectivity index (χ2n) is 6.85. The van der Waals surface area contributed by atoms with E-state index >= 15 is 0 Å². The lowest BCUT2D eigenvalue weighted by Crippen LogP contribution is -2.32. The van der Waals surface area contributed by atoms with Crippen LogP contribution in [0, 0.1) is 23.7 Å². The Labute approximate surface area is 153 Å². The van der Waals surface area contributed by atoms with Crippen molar-refractivity contribution in [2.45, 2.75) is 6.42 Å². The Morgan fingerprint density at radius 3 is 2.31 bits per heavy atom. The van der Waals surface area contributed by atoms with Crippen LogP contribution in [0.25, 0.3) is 0 Å². The lowest BCUT2D eigenvalue weighted by molar-refractivity contribution is -0.123. The summed E-state index contributed by atoms with van der Waals surface area (Å²) in [5, 5.41) is 5.02. The van der Waals surface area contributed by atoms with E-state index in [0.29, 0.717) is 16.4 Å². The van der Waals surface area contributed by atoms with Gasteiger partial charge in [0.15, 0.2) is 5.13 Å². The van der Waals surface area contributed by atoms with Crippen molar-refractivity contribution in [2.24, 2.45) is 23.7 Å². The summed E-state index contributed by atoms with van der Waals surface area (Å²) in [6.45, 7) is 0. The quantitative estimate of drug-likeness (QED) is 0.670. The number of carbonyl (C=O) groups excluding carboxylic acids is 3. The first-order valence-electron chi connectivity index (χ1n) is 8.50. The largest absolute Gasteiger partial charge is 0.298 e. The molecule has 0 unspecified atom stereocenters. The summed E-state index contributed by atoms with van der Waals surface area (Å²) in [4.78, 5) is 43.1. The van der Waals surface area contributed by atoms with E-state index in [0.717, 1.165) is 6.42 Å². The Bertz CT molecular complexity index is 905. The third-order valence-corrected chi connectivity index (χ3v) is 6.20. The number of allylic oxidation sites excluding steroid dienone is 2. The van der Waals surface area contributed by atoms with E-state index < -0.39 is 0 Å². The molecule has 3 amide bonds. The van der Waals surface area contributed by atoms with E-state index in [9.17, 15) is 14.4 Å². The van der Waals surface area contributed by atoms with Crippen LogP contribution in [0.15, 0.2) is 48.0 Å². The van der Waals surface area contributed by atoms with Crippen LogP contribution >= 0.6 is 11.3 Å². The lowest BCUT2D eigenvalue weighted by atomic mass is 9.85. The summed E-state index contributed by atoms with van der Waals surface area (Å²) in [6, 6.07) is 6.56. The maximum atomic E-state index is 12.8. The van der Waals surface area contributed by atoms with Gasteiger partial charge in [0.2, 0.25) is 11.8 Å². The van der Waals surface area contributed by atoms with Crippen molar-refractivity contribution in [3.8, 4) is 0 Å². The van der Waals surface area contributed by atoms with Crippen molar-refractivity contribution in [2.75, 3.05) is 10.2 Å². The average Bonchev–Trinajstić information content (AvgIpc) is 3.41. The number of amides is 3. The van der Waals surface area contributed by atoms with Crippen LogP contribution in [-0.2, 0) is 9.59 Å². The van der Waals surface area contributed by atoms with E-state index in [1.165, 1.54) is 16.2 Å². The van der Waals surface area contributed by atoms with Crippen molar-refractivity contribution >= 4 is 39.9 Å². The van der Waals surface area contributed by atoms with Crippen molar-refractivity contribution in [1.29, 1.82) is 0 Å². The average molecular weight is 365 g/mol. The number of benzene rings is 1. The Kier molecular flexibility index (Phi) is 3.33. The molecule has 26 heavy (non-hydrogen) atoms. The molecule has 7 heteroatoms. The third kappa shape index (κ3) is 2.17. The Hall–Kier alpha value is -2.80. The van der Waals surface area contributed by atoms with E-state index in [1.54, 1.807) is 35.8 Å². The van der Waals surface area contributed by atoms with Crippen molar-refractivity contribution < 1.29 is 14.4 Å². The molecule has 1 aromatic carbocycles. The molecule has 6 nitrogen and oxygen atoms in total. The van der Waals surface area contributed by atoms with Gasteiger partial charge in [-0.25, -0.2) is 4.98 Å². The number of hydrogen-bond donors (Lipinski definition) is 1. The lowest BCUT2D eigenvalue weighted by Gasteiger charge is -2.17. The molecule has 2 bridgehead atoms. The van der Waals surface area contributed by atoms with E-state index in [4.69, 9.17) is 0 Å². The first-order chi connectivity index (χ1) is 12.6. The van der Waals surface area contributed by atoms with Crippen LogP contribution in [0.3, 0.4) is 0 Å². The predicted molar refractivity (Wildman–Crippen MR) is 96.7 cm³/mol. The van der Waals surface area contributed by atoms with Gasteiger partial charge in [-0.15, -0.1) is 11.3 Å². The van der Waals surface area contributed by atoms with Crippen LogP contribution in [0.5, 0.6) is 0 Å². The molecule has 130 valence electrons. The number of nitrogens with one attached hydrogen (secondary N) is 1. The van der Waals surface area contributed by atoms with Gasteiger partial charge >= 0.3 is 0 Å². The molecule has 3 aliphatic rings. The molecule has 0 radical (unpaired) electrons. The third-order valence-electron chi connectivity index (χ3n) is 5.51. The normalized spacial score (nSPS) is 28.7. The fourth-order valence-corrected chi connectivity index (χ4v) is 4.90. The first-order valence-corrected chi connectivity index (χ1v) is 9.38. The molecule has 1 N–H and O–H groups in total. The number of fused-ring (bicyclic) bond motifs is 5. The van der Waals surface area contributed by atoms with Crippen LogP contribution in [0.2, 0.25) is 0 Å². The van der Waals surface area contributed by atoms with Crippen LogP contribution in [-0.4, -0.2) is 22.7 Å². The van der Waals surface area contributed by atoms with Crippen molar-refractivity contribution in [1.82, 2.24) is 4.98 Å². The number of carbonyl (C=O) groups is 3. The fraction of sp³-hybridized carbons (Fsp3) is 0.263. The highest BCUT2D eigenvalue weighted by atomic mass is 32.1. The predicted octanol–water partition coefficient (Wildman–Crippen LogP) is 2.71. The standard InChI is InChI=1S/C19H15N3O3S/c23-16(21-19-20-7-8-26-19)10-3-5-13(6-4-10)22-17(24)14-11-1-2-12(9-11)15(14)18(22)25/h1-8,11-12,14-15H,9H2,(H,20,21,23)/t11-,12-,14-,15+/m0/s1. The fourth-order valence-electron chi connectivity index (χ4n) is 4.37. The van der Waals surface area contributed by atoms with Gasteiger partial charge in [-0.3, -0.25) is 24.6 Å². The van der Waals surface area contributed by atoms with Crippen molar-refractivity contribution in [3.63, 3.8) is 0 Å². The second kappa shape index (κ2) is 5.60. The highest BCUT2D eigenvalue weighted by Crippen LogP contribution is 2.53. The molecule has 5 rings (SSSR count). The highest BCUT2D eigenvalue weighted by molar-refractivity contribution is 7.13. The molecular weight excluding hydrogens is 350 g/mol. The van der Waals surface area contributed by atoms with Gasteiger partial charge in [-0.1, -0.05) is 12.2 Å². The zero-order valence-electron chi connectivity index (χ0n) is 13.7. The molecular formula is C19H15N3O3S. The minimum absolute atomic E-state index is 0.114. The summed E-state index contributed by atoms with van der Waals surface area (Å²) < 4.78 is 0. The Morgan fingerprint density at radius 1 is 1.08 bits per heavy atom. The molecule has 2 heterocycles. The molecule has 0 spiro atoms. The summed E-state index contributed by atoms with van der Waals surface area (Å²) in [5.41, 5.74) is 0.976. The van der Waals surface area contributed by atoms with Crippen LogP contribution in [0.4, 0.5) is 10.8 Å². The summed E-state index contributed by atoms with van der Waals surface area (Å²) in [7, 11) is 0. The molecule has 1 aromatic heterocycles. The molecule has 1 saturated carbocycles. The van der Waals surface area contributed by atoms with E-state index in [2.05, 4.69) is 22.5 Å². The summed E-state index contributed by atoms with van der Waals surface area (Å²) >= 11 is 1.34. The Balaban J connectivity index is 1.37. The second-order valence-corrected chi connectivity index (χ2v) is 7.74. The number of thiazole rings is 1. The van der Waals surface area contributed by atoms with E-state index in [-0.39, 0.29) is 41.4 Å². The van der Waals surface area contributed by atoms with Gasteiger partial charge < -0.3 is 0 Å². The number of hydrogen-bond acceptors (Lipinski definition) is 5. The zero-order chi connectivity index (χ0) is 17.8. The molecule has 1 aliphatic heterocycles. The minimum atomic E-state index is -0.273. The molecule has 2 fully saturated rings. The molecule has 4 atom stereocenters. The smallest absolute Gasteiger partial charge is 0.257 e. The minimum Gasteiger partial charge on any atom is -0.298 e. The molecule has 2 aromatic rings. The highest BCUT2D eigenvalue weighted by Gasteiger charge is 2.59. The monoisotopic (exact) mass is 365 g/mol. The SMILES string of the molecule is O=C(Nc1nccs1)c1ccc(N2C(=O)[C@@H]3[C@H](C2=O)[C@H]2C=C[C@H]3C2)cc1. The zero-order valence-corrected chi connectivity index (χ0v) is 14.5. The number of imide groups is 1. The number of rotatable bonds is 3. The van der Waals surface area contributed by atoms with Gasteiger partial charge in [0.05, 0.1) is 17.5 Å². The summed E-state index contributed by atoms with van der Waals surface area (Å²) in [6.07, 6.45) is 6.68. The van der Waals surface area contributed by atoms with Gasteiger partial charge in [0, 0.05) is 17.1 Å². The van der Waals surface area contributed by atoms with Crippen LogP contribution in [0.1, 0.15) is 16.8 Å². The van der Waals surface area contributed by atoms with Crippen molar-refractivity contribution in [3.05, 3.63) is 53.6 Å². The summed E-state index contributed by atoms with van der Waals surface area (Å²) in [5.74, 6) is -0.557. The number of nitrogens with zero attached hydrogens (tertiary/aromatic N) is 2. The van der Waals surface area contributed by atoms with Gasteiger partial charge in [-0.05, 0) is 42.5 Å². The van der Waals surface area contributed by atoms with Gasteiger partial charge in [0.1, 0.15) is 0 Å². The maximum absolute atomic E-state index is 12.8. The van der Waals surface area contributed by atoms with Crippen LogP contribution < -0.4 is 10.2 Å². The topological polar surface area (TPSA) is 79.4 Å². The number of aromatic nitrogens is 1. The maximum Gasteiger partial charge on any atom is 0.257 e. The molecule has 2 aliphatic carbocycles.